The van der Waals surface area contributed by atoms with Crippen LogP contribution < -0.4 is 9.62 Å². The molecule has 0 saturated heterocycles. The molecule has 1 amide bonds. The highest BCUT2D eigenvalue weighted by Crippen LogP contribution is 2.30. The van der Waals surface area contributed by atoms with Crippen LogP contribution in [0.2, 0.25) is 10.0 Å². The molecular formula is C26H20Cl2N2O3S. The molecular weight excluding hydrogens is 491 g/mol. The summed E-state index contributed by atoms with van der Waals surface area (Å²) in [7, 11) is -3.80. The summed E-state index contributed by atoms with van der Waals surface area (Å²) in [6.45, 7) is 0.0967. The average Bonchev–Trinajstić information content (AvgIpc) is 2.86. The molecule has 4 aromatic rings. The summed E-state index contributed by atoms with van der Waals surface area (Å²) >= 11 is 12.3. The molecule has 0 fully saturated rings. The van der Waals surface area contributed by atoms with E-state index in [0.29, 0.717) is 27.0 Å². The smallest absolute Gasteiger partial charge is 0.264 e. The molecule has 0 bridgehead atoms. The number of rotatable bonds is 7. The second kappa shape index (κ2) is 10.3. The van der Waals surface area contributed by atoms with Crippen molar-refractivity contribution in [2.24, 2.45) is 0 Å². The number of sulfonamides is 1. The highest BCUT2D eigenvalue weighted by Gasteiger charge is 2.25. The Morgan fingerprint density at radius 3 is 1.88 bits per heavy atom. The molecule has 0 atom stereocenters. The molecule has 0 radical (unpaired) electrons. The minimum absolute atomic E-state index is 0.0967. The Morgan fingerprint density at radius 1 is 0.735 bits per heavy atom. The van der Waals surface area contributed by atoms with Crippen LogP contribution in [0.3, 0.4) is 0 Å². The molecule has 1 N–H and O–H groups in total. The first kappa shape index (κ1) is 23.8. The van der Waals surface area contributed by atoms with E-state index >= 15 is 0 Å². The minimum atomic E-state index is -3.80. The number of para-hydroxylation sites is 2. The van der Waals surface area contributed by atoms with Crippen molar-refractivity contribution < 1.29 is 13.2 Å². The van der Waals surface area contributed by atoms with Crippen LogP contribution in [0.15, 0.2) is 108 Å². The standard InChI is InChI=1S/C26H20Cl2N2O3S/c27-23-12-7-13-24(28)25(23)29-26(31)20-16-14-19(15-17-20)18-30(21-8-3-1-4-9-21)34(32,33)22-10-5-2-6-11-22/h1-17H,18H2,(H,29,31). The molecule has 4 aromatic carbocycles. The van der Waals surface area contributed by atoms with Gasteiger partial charge in [0.15, 0.2) is 0 Å². The van der Waals surface area contributed by atoms with Gasteiger partial charge in [-0.05, 0) is 54.1 Å². The molecule has 0 unspecified atom stereocenters. The molecule has 0 aromatic heterocycles. The van der Waals surface area contributed by atoms with Gasteiger partial charge in [0, 0.05) is 5.56 Å². The number of carbonyl (C=O) groups is 1. The fraction of sp³-hybridized carbons (Fsp3) is 0.0385. The quantitative estimate of drug-likeness (QED) is 0.303. The van der Waals surface area contributed by atoms with E-state index < -0.39 is 10.0 Å². The molecule has 34 heavy (non-hydrogen) atoms. The van der Waals surface area contributed by atoms with Crippen LogP contribution in [0.1, 0.15) is 15.9 Å². The van der Waals surface area contributed by atoms with E-state index in [9.17, 15) is 13.2 Å². The number of carbonyl (C=O) groups excluding carboxylic acids is 1. The maximum atomic E-state index is 13.4. The summed E-state index contributed by atoms with van der Waals surface area (Å²) in [5.41, 5.74) is 1.98. The number of nitrogens with zero attached hydrogens (tertiary/aromatic N) is 1. The first-order valence-corrected chi connectivity index (χ1v) is 12.5. The first-order valence-electron chi connectivity index (χ1n) is 10.3. The zero-order chi connectivity index (χ0) is 24.1. The topological polar surface area (TPSA) is 66.5 Å². The van der Waals surface area contributed by atoms with Gasteiger partial charge in [-0.15, -0.1) is 0 Å². The zero-order valence-electron chi connectivity index (χ0n) is 17.9. The van der Waals surface area contributed by atoms with E-state index in [0.717, 1.165) is 5.56 Å². The largest absolute Gasteiger partial charge is 0.319 e. The number of hydrogen-bond acceptors (Lipinski definition) is 3. The molecule has 5 nitrogen and oxygen atoms in total. The van der Waals surface area contributed by atoms with Gasteiger partial charge in [-0.3, -0.25) is 9.10 Å². The monoisotopic (exact) mass is 510 g/mol. The molecule has 0 spiro atoms. The number of amides is 1. The number of nitrogens with one attached hydrogen (secondary N) is 1. The number of halogens is 2. The molecule has 8 heteroatoms. The number of hydrogen-bond donors (Lipinski definition) is 1. The Hall–Kier alpha value is -3.32. The third-order valence-electron chi connectivity index (χ3n) is 5.12. The van der Waals surface area contributed by atoms with Crippen molar-refractivity contribution in [3.63, 3.8) is 0 Å². The molecule has 0 heterocycles. The molecule has 172 valence electrons. The number of anilines is 2. The van der Waals surface area contributed by atoms with Crippen molar-refractivity contribution >= 4 is 50.5 Å². The third kappa shape index (κ3) is 5.25. The van der Waals surface area contributed by atoms with E-state index in [2.05, 4.69) is 5.32 Å². The zero-order valence-corrected chi connectivity index (χ0v) is 20.2. The fourth-order valence-electron chi connectivity index (χ4n) is 3.36. The lowest BCUT2D eigenvalue weighted by molar-refractivity contribution is 0.102. The Labute approximate surface area is 208 Å². The Balaban J connectivity index is 1.59. The van der Waals surface area contributed by atoms with E-state index in [4.69, 9.17) is 23.2 Å². The highest BCUT2D eigenvalue weighted by atomic mass is 35.5. The van der Waals surface area contributed by atoms with E-state index in [1.54, 1.807) is 97.1 Å². The molecule has 4 rings (SSSR count). The van der Waals surface area contributed by atoms with Crippen molar-refractivity contribution in [3.8, 4) is 0 Å². The van der Waals surface area contributed by atoms with E-state index in [1.165, 1.54) is 4.31 Å². The van der Waals surface area contributed by atoms with Gasteiger partial charge >= 0.3 is 0 Å². The Bertz CT molecular complexity index is 1380. The van der Waals surface area contributed by atoms with Gasteiger partial charge in [0.1, 0.15) is 0 Å². The van der Waals surface area contributed by atoms with Crippen LogP contribution in [0.4, 0.5) is 11.4 Å². The van der Waals surface area contributed by atoms with Crippen molar-refractivity contribution in [1.29, 1.82) is 0 Å². The van der Waals surface area contributed by atoms with Crippen LogP contribution in [0.5, 0.6) is 0 Å². The summed E-state index contributed by atoms with van der Waals surface area (Å²) in [6.07, 6.45) is 0. The van der Waals surface area contributed by atoms with Gasteiger partial charge in [0.05, 0.1) is 32.9 Å². The van der Waals surface area contributed by atoms with Gasteiger partial charge in [-0.1, -0.05) is 77.8 Å². The molecule has 0 saturated carbocycles. The van der Waals surface area contributed by atoms with Crippen molar-refractivity contribution in [3.05, 3.63) is 124 Å². The lowest BCUT2D eigenvalue weighted by atomic mass is 10.1. The van der Waals surface area contributed by atoms with Gasteiger partial charge in [0.2, 0.25) is 0 Å². The maximum absolute atomic E-state index is 13.4. The minimum Gasteiger partial charge on any atom is -0.319 e. The van der Waals surface area contributed by atoms with Crippen LogP contribution in [0, 0.1) is 0 Å². The normalized spacial score (nSPS) is 11.1. The Morgan fingerprint density at radius 2 is 1.29 bits per heavy atom. The predicted molar refractivity (Wildman–Crippen MR) is 137 cm³/mol. The van der Waals surface area contributed by atoms with E-state index in [-0.39, 0.29) is 17.3 Å². The maximum Gasteiger partial charge on any atom is 0.264 e. The summed E-state index contributed by atoms with van der Waals surface area (Å²) in [5, 5.41) is 3.39. The summed E-state index contributed by atoms with van der Waals surface area (Å²) in [4.78, 5) is 12.9. The second-order valence-corrected chi connectivity index (χ2v) is 10.1. The molecule has 0 aliphatic carbocycles. The van der Waals surface area contributed by atoms with E-state index in [1.807, 2.05) is 6.07 Å². The van der Waals surface area contributed by atoms with Crippen LogP contribution in [-0.4, -0.2) is 14.3 Å². The van der Waals surface area contributed by atoms with Crippen molar-refractivity contribution in [2.45, 2.75) is 11.4 Å². The predicted octanol–water partition coefficient (Wildman–Crippen LogP) is 6.64. The van der Waals surface area contributed by atoms with Crippen LogP contribution >= 0.6 is 23.2 Å². The van der Waals surface area contributed by atoms with Crippen LogP contribution in [-0.2, 0) is 16.6 Å². The van der Waals surface area contributed by atoms with Crippen LogP contribution in [0.25, 0.3) is 0 Å². The van der Waals surface area contributed by atoms with Gasteiger partial charge < -0.3 is 5.32 Å². The summed E-state index contributed by atoms with van der Waals surface area (Å²) in [5.74, 6) is -0.377. The number of benzene rings is 4. The average molecular weight is 511 g/mol. The first-order chi connectivity index (χ1) is 16.4. The van der Waals surface area contributed by atoms with Gasteiger partial charge in [0.25, 0.3) is 15.9 Å². The summed E-state index contributed by atoms with van der Waals surface area (Å²) < 4.78 is 28.2. The third-order valence-corrected chi connectivity index (χ3v) is 7.54. The van der Waals surface area contributed by atoms with Crippen molar-refractivity contribution in [2.75, 3.05) is 9.62 Å². The fourth-order valence-corrected chi connectivity index (χ4v) is 5.33. The van der Waals surface area contributed by atoms with Gasteiger partial charge in [-0.2, -0.15) is 0 Å². The summed E-state index contributed by atoms with van der Waals surface area (Å²) in [6, 6.07) is 28.9. The molecule has 0 aliphatic rings. The lowest BCUT2D eigenvalue weighted by Crippen LogP contribution is -2.30. The van der Waals surface area contributed by atoms with Gasteiger partial charge in [-0.25, -0.2) is 8.42 Å². The highest BCUT2D eigenvalue weighted by molar-refractivity contribution is 7.92. The lowest BCUT2D eigenvalue weighted by Gasteiger charge is -2.25. The van der Waals surface area contributed by atoms with Crippen molar-refractivity contribution in [1.82, 2.24) is 0 Å². The Kier molecular flexibility index (Phi) is 7.22. The SMILES string of the molecule is O=C(Nc1c(Cl)cccc1Cl)c1ccc(CN(c2ccccc2)S(=O)(=O)c2ccccc2)cc1. The second-order valence-electron chi connectivity index (χ2n) is 7.41. The molecule has 0 aliphatic heterocycles.